The van der Waals surface area contributed by atoms with E-state index in [1.54, 1.807) is 0 Å². The Bertz CT molecular complexity index is 418. The molecular weight excluding hydrogens is 313 g/mol. The van der Waals surface area contributed by atoms with Gasteiger partial charge in [0.2, 0.25) is 0 Å². The molecule has 1 aliphatic rings. The maximum Gasteiger partial charge on any atom is 0.123 e. The van der Waals surface area contributed by atoms with Crippen molar-refractivity contribution < 1.29 is 9.13 Å². The molecule has 2 rings (SSSR count). The summed E-state index contributed by atoms with van der Waals surface area (Å²) < 4.78 is 19.3. The zero-order valence-electron chi connectivity index (χ0n) is 13.9. The third kappa shape index (κ3) is 8.14. The van der Waals surface area contributed by atoms with E-state index in [-0.39, 0.29) is 6.61 Å². The number of nitrogens with one attached hydrogen (secondary N) is 1. The molecule has 1 saturated heterocycles. The van der Waals surface area contributed by atoms with Crippen molar-refractivity contribution in [1.29, 1.82) is 0 Å². The van der Waals surface area contributed by atoms with Crippen LogP contribution in [0.15, 0.2) is 24.3 Å². The summed E-state index contributed by atoms with van der Waals surface area (Å²) in [5.41, 5.74) is 1.03. The SMILES string of the molecule is F[C@@H](CCCCC1CCCCNC1)COCc1ccc(Cl)cc1. The molecule has 1 unspecified atom stereocenters. The molecule has 1 aromatic carbocycles. The number of hydrogen-bond acceptors (Lipinski definition) is 2. The second kappa shape index (κ2) is 11.0. The van der Waals surface area contributed by atoms with Gasteiger partial charge in [-0.3, -0.25) is 0 Å². The molecule has 0 radical (unpaired) electrons. The van der Waals surface area contributed by atoms with Gasteiger partial charge < -0.3 is 10.1 Å². The molecule has 1 N–H and O–H groups in total. The smallest absolute Gasteiger partial charge is 0.123 e. The highest BCUT2D eigenvalue weighted by molar-refractivity contribution is 6.30. The molecule has 2 atom stereocenters. The molecule has 1 fully saturated rings. The molecule has 1 aromatic rings. The highest BCUT2D eigenvalue weighted by Gasteiger charge is 2.12. The Morgan fingerprint density at radius 2 is 2.04 bits per heavy atom. The van der Waals surface area contributed by atoms with E-state index in [9.17, 15) is 4.39 Å². The Kier molecular flexibility index (Phi) is 8.95. The largest absolute Gasteiger partial charge is 0.374 e. The van der Waals surface area contributed by atoms with Gasteiger partial charge in [-0.2, -0.15) is 0 Å². The third-order valence-corrected chi connectivity index (χ3v) is 4.76. The van der Waals surface area contributed by atoms with Crippen molar-refractivity contribution in [2.75, 3.05) is 19.7 Å². The minimum Gasteiger partial charge on any atom is -0.374 e. The van der Waals surface area contributed by atoms with Gasteiger partial charge >= 0.3 is 0 Å². The number of halogens is 2. The first kappa shape index (κ1) is 18.7. The van der Waals surface area contributed by atoms with Crippen LogP contribution in [0.3, 0.4) is 0 Å². The van der Waals surface area contributed by atoms with Crippen LogP contribution in [0.25, 0.3) is 0 Å². The molecule has 23 heavy (non-hydrogen) atoms. The average Bonchev–Trinajstić information content (AvgIpc) is 2.82. The van der Waals surface area contributed by atoms with Gasteiger partial charge in [0.25, 0.3) is 0 Å². The van der Waals surface area contributed by atoms with E-state index >= 15 is 0 Å². The van der Waals surface area contributed by atoms with E-state index in [4.69, 9.17) is 16.3 Å². The number of rotatable bonds is 9. The van der Waals surface area contributed by atoms with Gasteiger partial charge in [0.05, 0.1) is 13.2 Å². The Morgan fingerprint density at radius 3 is 2.87 bits per heavy atom. The van der Waals surface area contributed by atoms with Crippen LogP contribution in [0.4, 0.5) is 4.39 Å². The fourth-order valence-electron chi connectivity index (χ4n) is 3.11. The molecule has 0 amide bonds. The number of hydrogen-bond donors (Lipinski definition) is 1. The van der Waals surface area contributed by atoms with Crippen molar-refractivity contribution in [2.45, 2.75) is 57.7 Å². The summed E-state index contributed by atoms with van der Waals surface area (Å²) in [6, 6.07) is 7.48. The lowest BCUT2D eigenvalue weighted by molar-refractivity contribution is 0.0653. The lowest BCUT2D eigenvalue weighted by atomic mass is 9.96. The molecule has 0 spiro atoms. The Balaban J connectivity index is 1.49. The summed E-state index contributed by atoms with van der Waals surface area (Å²) in [4.78, 5) is 0. The minimum absolute atomic E-state index is 0.188. The first-order valence-electron chi connectivity index (χ1n) is 8.91. The normalized spacial score (nSPS) is 20.2. The zero-order chi connectivity index (χ0) is 16.3. The molecule has 2 nitrogen and oxygen atoms in total. The van der Waals surface area contributed by atoms with Gasteiger partial charge in [-0.15, -0.1) is 0 Å². The minimum atomic E-state index is -0.852. The fraction of sp³-hybridized carbons (Fsp3) is 0.684. The topological polar surface area (TPSA) is 21.3 Å². The number of ether oxygens (including phenoxy) is 1. The molecule has 1 heterocycles. The summed E-state index contributed by atoms with van der Waals surface area (Å²) in [5.74, 6) is 0.789. The van der Waals surface area contributed by atoms with Gasteiger partial charge in [-0.05, 0) is 62.4 Å². The first-order chi connectivity index (χ1) is 11.2. The van der Waals surface area contributed by atoms with Crippen molar-refractivity contribution in [3.63, 3.8) is 0 Å². The van der Waals surface area contributed by atoms with Crippen LogP contribution in [0.5, 0.6) is 0 Å². The van der Waals surface area contributed by atoms with Gasteiger partial charge in [-0.1, -0.05) is 43.0 Å². The second-order valence-corrected chi connectivity index (χ2v) is 7.03. The number of alkyl halides is 1. The van der Waals surface area contributed by atoms with E-state index in [1.165, 1.54) is 25.7 Å². The Morgan fingerprint density at radius 1 is 1.22 bits per heavy atom. The van der Waals surface area contributed by atoms with Crippen molar-refractivity contribution in [2.24, 2.45) is 5.92 Å². The molecule has 0 aliphatic carbocycles. The lowest BCUT2D eigenvalue weighted by Gasteiger charge is -2.14. The average molecular weight is 342 g/mol. The van der Waals surface area contributed by atoms with Crippen molar-refractivity contribution in [1.82, 2.24) is 5.32 Å². The summed E-state index contributed by atoms with van der Waals surface area (Å²) >= 11 is 5.83. The molecule has 130 valence electrons. The van der Waals surface area contributed by atoms with E-state index < -0.39 is 6.17 Å². The second-order valence-electron chi connectivity index (χ2n) is 6.59. The van der Waals surface area contributed by atoms with Crippen LogP contribution in [-0.2, 0) is 11.3 Å². The summed E-state index contributed by atoms with van der Waals surface area (Å²) in [6.45, 7) is 2.94. The van der Waals surface area contributed by atoms with Crippen LogP contribution in [0, 0.1) is 5.92 Å². The monoisotopic (exact) mass is 341 g/mol. The Labute approximate surface area is 144 Å². The highest BCUT2D eigenvalue weighted by atomic mass is 35.5. The van der Waals surface area contributed by atoms with Crippen molar-refractivity contribution in [3.8, 4) is 0 Å². The van der Waals surface area contributed by atoms with Crippen molar-refractivity contribution in [3.05, 3.63) is 34.9 Å². The van der Waals surface area contributed by atoms with E-state index in [0.717, 1.165) is 37.4 Å². The quantitative estimate of drug-likeness (QED) is 0.627. The van der Waals surface area contributed by atoms with Gasteiger partial charge in [-0.25, -0.2) is 4.39 Å². The molecule has 1 aliphatic heterocycles. The van der Waals surface area contributed by atoms with Crippen LogP contribution >= 0.6 is 11.6 Å². The summed E-state index contributed by atoms with van der Waals surface area (Å²) in [7, 11) is 0. The third-order valence-electron chi connectivity index (χ3n) is 4.51. The van der Waals surface area contributed by atoms with Crippen LogP contribution in [0.1, 0.15) is 50.5 Å². The van der Waals surface area contributed by atoms with Gasteiger partial charge in [0.1, 0.15) is 6.17 Å². The van der Waals surface area contributed by atoms with E-state index in [1.807, 2.05) is 24.3 Å². The first-order valence-corrected chi connectivity index (χ1v) is 9.29. The van der Waals surface area contributed by atoms with E-state index in [0.29, 0.717) is 18.1 Å². The van der Waals surface area contributed by atoms with Crippen LogP contribution < -0.4 is 5.32 Å². The molecule has 0 bridgehead atoms. The van der Waals surface area contributed by atoms with Crippen molar-refractivity contribution >= 4 is 11.6 Å². The molecule has 4 heteroatoms. The molecular formula is C19H29ClFNO. The maximum atomic E-state index is 13.8. The molecule has 0 aromatic heterocycles. The number of benzene rings is 1. The van der Waals surface area contributed by atoms with Crippen LogP contribution in [-0.4, -0.2) is 25.9 Å². The summed E-state index contributed by atoms with van der Waals surface area (Å²) in [5, 5.41) is 4.20. The molecule has 0 saturated carbocycles. The summed E-state index contributed by atoms with van der Waals surface area (Å²) in [6.07, 6.45) is 7.04. The highest BCUT2D eigenvalue weighted by Crippen LogP contribution is 2.19. The lowest BCUT2D eigenvalue weighted by Crippen LogP contribution is -2.20. The zero-order valence-corrected chi connectivity index (χ0v) is 14.7. The fourth-order valence-corrected chi connectivity index (χ4v) is 3.23. The van der Waals surface area contributed by atoms with Gasteiger partial charge in [0, 0.05) is 5.02 Å². The number of unbranched alkanes of at least 4 members (excludes halogenated alkanes) is 1. The Hall–Kier alpha value is -0.640. The van der Waals surface area contributed by atoms with Gasteiger partial charge in [0.15, 0.2) is 0 Å². The predicted octanol–water partition coefficient (Wildman–Crippen LogP) is 5.14. The standard InChI is InChI=1S/C19H29ClFNO/c20-18-10-8-17(9-11-18)14-23-15-19(21)7-2-1-5-16-6-3-4-12-22-13-16/h8-11,16,19,22H,1-7,12-15H2/t16?,19-/m0/s1. The predicted molar refractivity (Wildman–Crippen MR) is 94.7 cm³/mol. The maximum absolute atomic E-state index is 13.8. The van der Waals surface area contributed by atoms with Crippen LogP contribution in [0.2, 0.25) is 5.02 Å². The van der Waals surface area contributed by atoms with E-state index in [2.05, 4.69) is 5.32 Å².